The summed E-state index contributed by atoms with van der Waals surface area (Å²) in [6.45, 7) is 0.486. The third kappa shape index (κ3) is 5.48. The zero-order valence-electron chi connectivity index (χ0n) is 16.6. The molecule has 0 saturated carbocycles. The van der Waals surface area contributed by atoms with Crippen LogP contribution in [0.2, 0.25) is 15.1 Å². The quantitative estimate of drug-likeness (QED) is 0.327. The van der Waals surface area contributed by atoms with Gasteiger partial charge >= 0.3 is 0 Å². The van der Waals surface area contributed by atoms with Crippen LogP contribution in [0.15, 0.2) is 71.6 Å². The summed E-state index contributed by atoms with van der Waals surface area (Å²) in [6.07, 6.45) is 1.70. The van der Waals surface area contributed by atoms with Gasteiger partial charge in [0, 0.05) is 20.6 Å². The molecule has 1 aliphatic rings. The molecule has 3 aromatic carbocycles. The Morgan fingerprint density at radius 1 is 0.906 bits per heavy atom. The molecular formula is C24H16Cl3NO3S. The third-order valence-corrected chi connectivity index (χ3v) is 6.42. The number of nitrogens with zero attached hydrogens (tertiary/aromatic N) is 1. The number of carbonyl (C=O) groups excluding carboxylic acids is 2. The number of halogens is 3. The second kappa shape index (κ2) is 10.0. The molecule has 0 spiro atoms. The Labute approximate surface area is 204 Å². The number of hydrogen-bond donors (Lipinski definition) is 0. The Hall–Kier alpha value is -2.44. The molecule has 3 aromatic rings. The fraction of sp³-hybridized carbons (Fsp3) is 0.0833. The summed E-state index contributed by atoms with van der Waals surface area (Å²) in [4.78, 5) is 26.7. The van der Waals surface area contributed by atoms with E-state index in [4.69, 9.17) is 39.5 Å². The summed E-state index contributed by atoms with van der Waals surface area (Å²) >= 11 is 19.0. The molecule has 1 aliphatic heterocycles. The van der Waals surface area contributed by atoms with Crippen LogP contribution in [0.25, 0.3) is 6.08 Å². The van der Waals surface area contributed by atoms with Gasteiger partial charge in [0.05, 0.1) is 11.4 Å². The first-order chi connectivity index (χ1) is 15.4. The van der Waals surface area contributed by atoms with E-state index in [9.17, 15) is 9.59 Å². The zero-order valence-corrected chi connectivity index (χ0v) is 19.6. The Balaban J connectivity index is 1.41. The topological polar surface area (TPSA) is 46.6 Å². The molecule has 0 atom stereocenters. The van der Waals surface area contributed by atoms with Crippen molar-refractivity contribution in [3.63, 3.8) is 0 Å². The molecule has 0 unspecified atom stereocenters. The van der Waals surface area contributed by atoms with Gasteiger partial charge in [0.1, 0.15) is 12.4 Å². The van der Waals surface area contributed by atoms with E-state index in [1.807, 2.05) is 24.3 Å². The van der Waals surface area contributed by atoms with E-state index in [1.54, 1.807) is 48.5 Å². The first kappa shape index (κ1) is 22.7. The highest BCUT2D eigenvalue weighted by Crippen LogP contribution is 2.34. The Morgan fingerprint density at radius 3 is 2.38 bits per heavy atom. The van der Waals surface area contributed by atoms with E-state index in [-0.39, 0.29) is 17.7 Å². The maximum Gasteiger partial charge on any atom is 0.293 e. The van der Waals surface area contributed by atoms with Crippen molar-refractivity contribution in [1.82, 2.24) is 4.90 Å². The lowest BCUT2D eigenvalue weighted by molar-refractivity contribution is -0.123. The van der Waals surface area contributed by atoms with Crippen LogP contribution in [-0.4, -0.2) is 16.0 Å². The normalized spacial score (nSPS) is 15.0. The zero-order chi connectivity index (χ0) is 22.7. The Kier molecular flexibility index (Phi) is 7.11. The summed E-state index contributed by atoms with van der Waals surface area (Å²) in [5.41, 5.74) is 2.41. The van der Waals surface area contributed by atoms with Crippen LogP contribution >= 0.6 is 46.6 Å². The number of rotatable bonds is 6. The molecule has 1 saturated heterocycles. The predicted molar refractivity (Wildman–Crippen MR) is 130 cm³/mol. The van der Waals surface area contributed by atoms with Gasteiger partial charge in [-0.25, -0.2) is 0 Å². The lowest BCUT2D eigenvalue weighted by Crippen LogP contribution is -2.27. The molecule has 0 N–H and O–H groups in total. The lowest BCUT2D eigenvalue weighted by Gasteiger charge is -2.12. The van der Waals surface area contributed by atoms with Gasteiger partial charge in [-0.2, -0.15) is 0 Å². The van der Waals surface area contributed by atoms with Gasteiger partial charge in [0.15, 0.2) is 0 Å². The summed E-state index contributed by atoms with van der Waals surface area (Å²) < 4.78 is 5.78. The Bertz CT molecular complexity index is 1210. The van der Waals surface area contributed by atoms with E-state index in [0.717, 1.165) is 28.5 Å². The third-order valence-electron chi connectivity index (χ3n) is 4.69. The average Bonchev–Trinajstić information content (AvgIpc) is 3.01. The number of carbonyl (C=O) groups is 2. The van der Waals surface area contributed by atoms with Gasteiger partial charge in [-0.15, -0.1) is 0 Å². The van der Waals surface area contributed by atoms with Gasteiger partial charge in [-0.1, -0.05) is 65.1 Å². The van der Waals surface area contributed by atoms with E-state index in [2.05, 4.69) is 0 Å². The van der Waals surface area contributed by atoms with Crippen LogP contribution in [0, 0.1) is 0 Å². The second-order valence-electron chi connectivity index (χ2n) is 6.99. The lowest BCUT2D eigenvalue weighted by atomic mass is 10.2. The van der Waals surface area contributed by atoms with E-state index < -0.39 is 0 Å². The molecule has 0 aromatic heterocycles. The number of imide groups is 1. The highest BCUT2D eigenvalue weighted by atomic mass is 35.5. The van der Waals surface area contributed by atoms with Gasteiger partial charge in [0.2, 0.25) is 0 Å². The van der Waals surface area contributed by atoms with Crippen molar-refractivity contribution in [1.29, 1.82) is 0 Å². The van der Waals surface area contributed by atoms with Crippen LogP contribution in [0.1, 0.15) is 16.7 Å². The van der Waals surface area contributed by atoms with Crippen molar-refractivity contribution < 1.29 is 14.3 Å². The van der Waals surface area contributed by atoms with Crippen molar-refractivity contribution in [3.05, 3.63) is 103 Å². The minimum Gasteiger partial charge on any atom is -0.489 e. The van der Waals surface area contributed by atoms with E-state index >= 15 is 0 Å². The SMILES string of the molecule is O=C1S/C(=C\c2ccc(OCc3ccc(Cl)cc3Cl)cc2)C(=O)N1Cc1cccc(Cl)c1. The predicted octanol–water partition coefficient (Wildman–Crippen LogP) is 7.46. The minimum absolute atomic E-state index is 0.183. The number of benzene rings is 3. The fourth-order valence-electron chi connectivity index (χ4n) is 3.07. The largest absolute Gasteiger partial charge is 0.489 e. The summed E-state index contributed by atoms with van der Waals surface area (Å²) in [5, 5.41) is 1.37. The van der Waals surface area contributed by atoms with Gasteiger partial charge < -0.3 is 4.74 Å². The molecule has 0 bridgehead atoms. The van der Waals surface area contributed by atoms with Crippen molar-refractivity contribution >= 4 is 63.8 Å². The van der Waals surface area contributed by atoms with Crippen molar-refractivity contribution in [2.75, 3.05) is 0 Å². The van der Waals surface area contributed by atoms with E-state index in [0.29, 0.717) is 32.3 Å². The molecule has 8 heteroatoms. The van der Waals surface area contributed by atoms with E-state index in [1.165, 1.54) is 4.90 Å². The second-order valence-corrected chi connectivity index (χ2v) is 9.26. The molecule has 1 heterocycles. The average molecular weight is 505 g/mol. The maximum atomic E-state index is 12.7. The molecule has 162 valence electrons. The van der Waals surface area contributed by atoms with Gasteiger partial charge in [-0.3, -0.25) is 14.5 Å². The highest BCUT2D eigenvalue weighted by Gasteiger charge is 2.34. The molecule has 32 heavy (non-hydrogen) atoms. The van der Waals surface area contributed by atoms with Crippen LogP contribution in [0.4, 0.5) is 4.79 Å². The maximum absolute atomic E-state index is 12.7. The highest BCUT2D eigenvalue weighted by molar-refractivity contribution is 8.18. The molecule has 4 rings (SSSR count). The van der Waals surface area contributed by atoms with Gasteiger partial charge in [-0.05, 0) is 65.4 Å². The molecular weight excluding hydrogens is 489 g/mol. The van der Waals surface area contributed by atoms with Crippen LogP contribution in [0.5, 0.6) is 5.75 Å². The van der Waals surface area contributed by atoms with Gasteiger partial charge in [0.25, 0.3) is 11.1 Å². The molecule has 2 amide bonds. The first-order valence-electron chi connectivity index (χ1n) is 9.55. The van der Waals surface area contributed by atoms with Crippen LogP contribution in [0.3, 0.4) is 0 Å². The number of amides is 2. The fourth-order valence-corrected chi connectivity index (χ4v) is 4.58. The number of thioether (sulfide) groups is 1. The van der Waals surface area contributed by atoms with Crippen LogP contribution in [-0.2, 0) is 17.9 Å². The number of ether oxygens (including phenoxy) is 1. The standard InChI is InChI=1S/C24H16Cl3NO3S/c25-18-3-1-2-16(10-18)13-28-23(29)22(32-24(28)30)11-15-4-8-20(9-5-15)31-14-17-6-7-19(26)12-21(17)27/h1-12H,13-14H2/b22-11-. The molecule has 1 fully saturated rings. The minimum atomic E-state index is -0.322. The van der Waals surface area contributed by atoms with Crippen molar-refractivity contribution in [3.8, 4) is 5.75 Å². The number of hydrogen-bond acceptors (Lipinski definition) is 4. The molecule has 0 aliphatic carbocycles. The summed E-state index contributed by atoms with van der Waals surface area (Å²) in [6, 6.07) is 19.6. The van der Waals surface area contributed by atoms with Crippen molar-refractivity contribution in [2.45, 2.75) is 13.2 Å². The first-order valence-corrected chi connectivity index (χ1v) is 11.5. The molecule has 0 radical (unpaired) electrons. The van der Waals surface area contributed by atoms with Crippen molar-refractivity contribution in [2.24, 2.45) is 0 Å². The smallest absolute Gasteiger partial charge is 0.293 e. The molecule has 4 nitrogen and oxygen atoms in total. The summed E-state index contributed by atoms with van der Waals surface area (Å²) in [7, 11) is 0. The summed E-state index contributed by atoms with van der Waals surface area (Å²) in [5.74, 6) is 0.333. The van der Waals surface area contributed by atoms with Crippen LogP contribution < -0.4 is 4.74 Å². The Morgan fingerprint density at radius 2 is 1.66 bits per heavy atom. The monoisotopic (exact) mass is 503 g/mol.